The van der Waals surface area contributed by atoms with Crippen molar-refractivity contribution < 1.29 is 9.59 Å². The normalized spacial score (nSPS) is 15.8. The van der Waals surface area contributed by atoms with Gasteiger partial charge >= 0.3 is 0 Å². The molecule has 0 atom stereocenters. The predicted octanol–water partition coefficient (Wildman–Crippen LogP) is 3.75. The summed E-state index contributed by atoms with van der Waals surface area (Å²) in [5.41, 5.74) is 2.43. The highest BCUT2D eigenvalue weighted by atomic mass is 35.5. The fourth-order valence-corrected chi connectivity index (χ4v) is 4.32. The molecule has 0 bridgehead atoms. The molecule has 2 heterocycles. The number of hydrogen-bond acceptors (Lipinski definition) is 5. The minimum absolute atomic E-state index is 0.0145. The number of halogens is 1. The number of nitrogens with zero attached hydrogens (tertiary/aromatic N) is 5. The minimum atomic E-state index is -0.111. The van der Waals surface area contributed by atoms with Crippen LogP contribution >= 0.6 is 11.6 Å². The van der Waals surface area contributed by atoms with Gasteiger partial charge in [0.2, 0.25) is 5.91 Å². The molecule has 2 fully saturated rings. The van der Waals surface area contributed by atoms with Crippen molar-refractivity contribution >= 4 is 29.2 Å². The van der Waals surface area contributed by atoms with Crippen molar-refractivity contribution in [3.05, 3.63) is 77.3 Å². The maximum absolute atomic E-state index is 13.0. The van der Waals surface area contributed by atoms with Crippen LogP contribution in [0.2, 0.25) is 5.02 Å². The molecule has 2 aliphatic rings. The molecule has 0 spiro atoms. The number of rotatable bonds is 6. The third-order valence-electron chi connectivity index (χ3n) is 6.32. The van der Waals surface area contributed by atoms with Gasteiger partial charge in [0.05, 0.1) is 5.69 Å². The highest BCUT2D eigenvalue weighted by Crippen LogP contribution is 2.29. The molecular formula is C26H26ClN5O2. The quantitative estimate of drug-likeness (QED) is 0.543. The number of piperazine rings is 1. The first-order chi connectivity index (χ1) is 16.6. The SMILES string of the molecule is O=C(CN(C(=O)c1ccc(Cl)cc1)C1CC1)N1CCN(c2ccc(-c3ccccc3)nn2)CC1. The minimum Gasteiger partial charge on any atom is -0.352 e. The average molecular weight is 476 g/mol. The van der Waals surface area contributed by atoms with E-state index < -0.39 is 0 Å². The Kier molecular flexibility index (Phi) is 6.45. The van der Waals surface area contributed by atoms with Gasteiger partial charge in [0.1, 0.15) is 6.54 Å². The summed E-state index contributed by atoms with van der Waals surface area (Å²) in [6, 6.07) is 20.9. The van der Waals surface area contributed by atoms with Crippen LogP contribution in [0.1, 0.15) is 23.2 Å². The van der Waals surface area contributed by atoms with E-state index in [1.54, 1.807) is 29.2 Å². The lowest BCUT2D eigenvalue weighted by Gasteiger charge is -2.36. The third-order valence-corrected chi connectivity index (χ3v) is 6.57. The van der Waals surface area contributed by atoms with E-state index in [9.17, 15) is 9.59 Å². The smallest absolute Gasteiger partial charge is 0.254 e. The topological polar surface area (TPSA) is 69.6 Å². The van der Waals surface area contributed by atoms with E-state index in [4.69, 9.17) is 11.6 Å². The Bertz CT molecular complexity index is 1140. The van der Waals surface area contributed by atoms with Crippen molar-refractivity contribution in [1.82, 2.24) is 20.0 Å². The Balaban J connectivity index is 1.17. The molecule has 5 rings (SSSR count). The van der Waals surface area contributed by atoms with Crippen molar-refractivity contribution in [2.45, 2.75) is 18.9 Å². The Morgan fingerprint density at radius 2 is 1.59 bits per heavy atom. The van der Waals surface area contributed by atoms with E-state index in [1.807, 2.05) is 47.4 Å². The van der Waals surface area contributed by atoms with E-state index in [2.05, 4.69) is 15.1 Å². The zero-order chi connectivity index (χ0) is 23.5. The third kappa shape index (κ3) is 5.04. The van der Waals surface area contributed by atoms with Crippen molar-refractivity contribution in [2.24, 2.45) is 0 Å². The highest BCUT2D eigenvalue weighted by Gasteiger charge is 2.35. The fraction of sp³-hybridized carbons (Fsp3) is 0.308. The molecule has 1 aliphatic carbocycles. The standard InChI is InChI=1S/C26H26ClN5O2/c27-21-8-6-20(7-9-21)26(34)32(22-10-11-22)18-25(33)31-16-14-30(15-17-31)24-13-12-23(28-29-24)19-4-2-1-3-5-19/h1-9,12-13,22H,10-11,14-18H2. The van der Waals surface area contributed by atoms with Gasteiger partial charge in [-0.15, -0.1) is 10.2 Å². The van der Waals surface area contributed by atoms with Gasteiger partial charge in [-0.05, 0) is 49.2 Å². The van der Waals surface area contributed by atoms with Gasteiger partial charge in [-0.2, -0.15) is 0 Å². The molecule has 8 heteroatoms. The number of aromatic nitrogens is 2. The number of carbonyl (C=O) groups excluding carboxylic acids is 2. The lowest BCUT2D eigenvalue weighted by Crippen LogP contribution is -2.52. The van der Waals surface area contributed by atoms with Gasteiger partial charge in [0.25, 0.3) is 5.91 Å². The Labute approximate surface area is 203 Å². The number of amides is 2. The molecule has 2 aromatic carbocycles. The van der Waals surface area contributed by atoms with Gasteiger partial charge in [-0.25, -0.2) is 0 Å². The summed E-state index contributed by atoms with van der Waals surface area (Å²) in [4.78, 5) is 31.7. The summed E-state index contributed by atoms with van der Waals surface area (Å²) >= 11 is 5.95. The molecule has 7 nitrogen and oxygen atoms in total. The Hall–Kier alpha value is -3.45. The maximum Gasteiger partial charge on any atom is 0.254 e. The van der Waals surface area contributed by atoms with Gasteiger partial charge < -0.3 is 14.7 Å². The summed E-state index contributed by atoms with van der Waals surface area (Å²) in [6.07, 6.45) is 1.88. The zero-order valence-electron chi connectivity index (χ0n) is 18.8. The van der Waals surface area contributed by atoms with Gasteiger partial charge in [0, 0.05) is 48.4 Å². The second-order valence-electron chi connectivity index (χ2n) is 8.68. The van der Waals surface area contributed by atoms with Crippen LogP contribution in [0.25, 0.3) is 11.3 Å². The number of anilines is 1. The van der Waals surface area contributed by atoms with E-state index in [0.717, 1.165) is 29.9 Å². The molecule has 3 aromatic rings. The van der Waals surface area contributed by atoms with Crippen LogP contribution in [0.5, 0.6) is 0 Å². The fourth-order valence-electron chi connectivity index (χ4n) is 4.20. The lowest BCUT2D eigenvalue weighted by atomic mass is 10.1. The van der Waals surface area contributed by atoms with Crippen LogP contribution in [0.15, 0.2) is 66.7 Å². The molecule has 0 radical (unpaired) electrons. The van der Waals surface area contributed by atoms with E-state index in [1.165, 1.54) is 0 Å². The van der Waals surface area contributed by atoms with Gasteiger partial charge in [0.15, 0.2) is 5.82 Å². The molecule has 1 aromatic heterocycles. The number of benzene rings is 2. The van der Waals surface area contributed by atoms with Crippen LogP contribution in [0.3, 0.4) is 0 Å². The molecule has 0 N–H and O–H groups in total. The molecule has 0 unspecified atom stereocenters. The molecule has 1 saturated heterocycles. The Morgan fingerprint density at radius 1 is 0.882 bits per heavy atom. The van der Waals surface area contributed by atoms with Crippen LogP contribution in [-0.2, 0) is 4.79 Å². The highest BCUT2D eigenvalue weighted by molar-refractivity contribution is 6.30. The molecular weight excluding hydrogens is 450 g/mol. The monoisotopic (exact) mass is 475 g/mol. The first-order valence-electron chi connectivity index (χ1n) is 11.6. The number of hydrogen-bond donors (Lipinski definition) is 0. The zero-order valence-corrected chi connectivity index (χ0v) is 19.6. The molecule has 1 saturated carbocycles. The summed E-state index contributed by atoms with van der Waals surface area (Å²) in [6.45, 7) is 2.65. The summed E-state index contributed by atoms with van der Waals surface area (Å²) in [7, 11) is 0. The molecule has 1 aliphatic heterocycles. The second-order valence-corrected chi connectivity index (χ2v) is 9.12. The first kappa shape index (κ1) is 22.3. The molecule has 174 valence electrons. The van der Waals surface area contributed by atoms with Crippen molar-refractivity contribution in [3.8, 4) is 11.3 Å². The van der Waals surface area contributed by atoms with Gasteiger partial charge in [-0.3, -0.25) is 9.59 Å². The van der Waals surface area contributed by atoms with Crippen molar-refractivity contribution in [3.63, 3.8) is 0 Å². The van der Waals surface area contributed by atoms with E-state index in [-0.39, 0.29) is 24.4 Å². The second kappa shape index (κ2) is 9.81. The summed E-state index contributed by atoms with van der Waals surface area (Å²) in [5, 5.41) is 9.36. The van der Waals surface area contributed by atoms with Crippen molar-refractivity contribution in [2.75, 3.05) is 37.6 Å². The summed E-state index contributed by atoms with van der Waals surface area (Å²) in [5.74, 6) is 0.684. The van der Waals surface area contributed by atoms with Gasteiger partial charge in [-0.1, -0.05) is 41.9 Å². The molecule has 2 amide bonds. The van der Waals surface area contributed by atoms with Crippen molar-refractivity contribution in [1.29, 1.82) is 0 Å². The van der Waals surface area contributed by atoms with Crippen LogP contribution in [-0.4, -0.2) is 70.6 Å². The molecule has 34 heavy (non-hydrogen) atoms. The lowest BCUT2D eigenvalue weighted by molar-refractivity contribution is -0.132. The largest absolute Gasteiger partial charge is 0.352 e. The predicted molar refractivity (Wildman–Crippen MR) is 132 cm³/mol. The number of carbonyl (C=O) groups is 2. The Morgan fingerprint density at radius 3 is 2.21 bits per heavy atom. The van der Waals surface area contributed by atoms with E-state index in [0.29, 0.717) is 36.8 Å². The summed E-state index contributed by atoms with van der Waals surface area (Å²) < 4.78 is 0. The first-order valence-corrected chi connectivity index (χ1v) is 11.9. The van der Waals surface area contributed by atoms with Crippen LogP contribution < -0.4 is 4.90 Å². The average Bonchev–Trinajstić information content (AvgIpc) is 3.73. The van der Waals surface area contributed by atoms with E-state index >= 15 is 0 Å². The maximum atomic E-state index is 13.0. The van der Waals surface area contributed by atoms with Crippen LogP contribution in [0.4, 0.5) is 5.82 Å². The van der Waals surface area contributed by atoms with Crippen LogP contribution in [0, 0.1) is 0 Å².